The van der Waals surface area contributed by atoms with Gasteiger partial charge < -0.3 is 10.0 Å². The first-order valence-corrected chi connectivity index (χ1v) is 6.96. The minimum Gasteiger partial charge on any atom is -0.508 e. The van der Waals surface area contributed by atoms with Crippen LogP contribution in [0.5, 0.6) is 5.75 Å². The summed E-state index contributed by atoms with van der Waals surface area (Å²) >= 11 is 9.03. The van der Waals surface area contributed by atoms with Crippen LogP contribution in [0.1, 0.15) is 12.0 Å². The molecule has 0 aliphatic carbocycles. The van der Waals surface area contributed by atoms with Gasteiger partial charge in [-0.1, -0.05) is 26.8 Å². The number of allylic oxidation sites excluding steroid dienone is 1. The zero-order valence-electron chi connectivity index (χ0n) is 10.7. The van der Waals surface area contributed by atoms with Crippen LogP contribution >= 0.6 is 27.5 Å². The molecule has 8 heteroatoms. The van der Waals surface area contributed by atoms with Crippen LogP contribution in [0.15, 0.2) is 22.7 Å². The summed E-state index contributed by atoms with van der Waals surface area (Å²) in [6.07, 6.45) is 0.359. The van der Waals surface area contributed by atoms with Crippen molar-refractivity contribution in [2.24, 2.45) is 0 Å². The molecule has 0 saturated carbocycles. The third kappa shape index (κ3) is 4.47. The number of phenolic OH excluding ortho intramolecular Hbond substituents is 1. The van der Waals surface area contributed by atoms with E-state index in [0.717, 1.165) is 4.90 Å². The SMILES string of the molecule is O=C1C(Cl)C[C-]=C(c2ccc(O)cc2Br)N1CC(F)F.[Y]. The Balaban J connectivity index is 0.00000220. The van der Waals surface area contributed by atoms with Gasteiger partial charge in [-0.2, -0.15) is 0 Å². The molecule has 1 aliphatic heterocycles. The zero-order valence-corrected chi connectivity index (χ0v) is 15.9. The molecule has 1 aromatic rings. The van der Waals surface area contributed by atoms with Gasteiger partial charge >= 0.3 is 0 Å². The number of halogens is 4. The van der Waals surface area contributed by atoms with Gasteiger partial charge in [0.15, 0.2) is 0 Å². The first-order chi connectivity index (χ1) is 9.40. The minimum absolute atomic E-state index is 0. The van der Waals surface area contributed by atoms with Gasteiger partial charge in [0.1, 0.15) is 11.1 Å². The van der Waals surface area contributed by atoms with E-state index in [2.05, 4.69) is 22.0 Å². The molecule has 111 valence electrons. The van der Waals surface area contributed by atoms with Crippen LogP contribution in [0.2, 0.25) is 0 Å². The fraction of sp³-hybridized carbons (Fsp3) is 0.308. The predicted octanol–water partition coefficient (Wildman–Crippen LogP) is 3.40. The molecule has 0 aromatic heterocycles. The van der Waals surface area contributed by atoms with E-state index in [1.807, 2.05) is 0 Å². The van der Waals surface area contributed by atoms with E-state index in [1.165, 1.54) is 18.2 Å². The van der Waals surface area contributed by atoms with Gasteiger partial charge in [0.25, 0.3) is 6.43 Å². The first kappa shape index (κ1) is 19.0. The molecule has 0 saturated heterocycles. The van der Waals surface area contributed by atoms with Gasteiger partial charge in [0.2, 0.25) is 5.91 Å². The maximum Gasteiger partial charge on any atom is 0.256 e. The van der Waals surface area contributed by atoms with Gasteiger partial charge in [-0.3, -0.25) is 4.79 Å². The zero-order chi connectivity index (χ0) is 14.9. The molecule has 3 nitrogen and oxygen atoms in total. The van der Waals surface area contributed by atoms with Gasteiger partial charge in [-0.05, 0) is 12.1 Å². The number of alkyl halides is 3. The number of amides is 1. The number of rotatable bonds is 3. The Hall–Kier alpha value is -0.0361. The van der Waals surface area contributed by atoms with E-state index in [-0.39, 0.29) is 50.6 Å². The molecular formula is C13H10BrClF2NO2Y-. The van der Waals surface area contributed by atoms with E-state index in [9.17, 15) is 18.7 Å². The van der Waals surface area contributed by atoms with Crippen LogP contribution < -0.4 is 0 Å². The van der Waals surface area contributed by atoms with Gasteiger partial charge in [0.05, 0.1) is 6.54 Å². The van der Waals surface area contributed by atoms with Crippen molar-refractivity contribution in [2.45, 2.75) is 18.2 Å². The Morgan fingerprint density at radius 1 is 1.52 bits per heavy atom. The fourth-order valence-corrected chi connectivity index (χ4v) is 2.65. The number of carbonyl (C=O) groups excluding carboxylic acids is 1. The Morgan fingerprint density at radius 3 is 2.76 bits per heavy atom. The van der Waals surface area contributed by atoms with Crippen LogP contribution in [0.3, 0.4) is 0 Å². The van der Waals surface area contributed by atoms with Crippen molar-refractivity contribution in [1.29, 1.82) is 0 Å². The van der Waals surface area contributed by atoms with Crippen LogP contribution in [-0.2, 0) is 37.5 Å². The van der Waals surface area contributed by atoms with Gasteiger partial charge in [-0.25, -0.2) is 14.9 Å². The molecular weight excluding hydrogens is 444 g/mol. The largest absolute Gasteiger partial charge is 0.508 e. The summed E-state index contributed by atoms with van der Waals surface area (Å²) in [5.74, 6) is -0.542. The third-order valence-corrected chi connectivity index (χ3v) is 3.78. The minimum atomic E-state index is -2.67. The van der Waals surface area contributed by atoms with Crippen molar-refractivity contribution in [3.05, 3.63) is 34.3 Å². The number of hydrogen-bond acceptors (Lipinski definition) is 2. The summed E-state index contributed by atoms with van der Waals surface area (Å²) in [5, 5.41) is 8.48. The molecule has 1 radical (unpaired) electrons. The van der Waals surface area contributed by atoms with E-state index in [1.54, 1.807) is 0 Å². The number of nitrogens with zero attached hydrogens (tertiary/aromatic N) is 1. The smallest absolute Gasteiger partial charge is 0.256 e. The average Bonchev–Trinajstić information content (AvgIpc) is 2.36. The Kier molecular flexibility index (Phi) is 7.24. The van der Waals surface area contributed by atoms with Crippen LogP contribution in [-0.4, -0.2) is 34.3 Å². The third-order valence-electron chi connectivity index (χ3n) is 2.78. The molecule has 0 bridgehead atoms. The van der Waals surface area contributed by atoms with Gasteiger partial charge in [-0.15, -0.1) is 28.9 Å². The summed E-state index contributed by atoms with van der Waals surface area (Å²) < 4.78 is 25.8. The standard InChI is InChI=1S/C13H10BrClF2NO2.Y/c14-9-5-7(19)1-2-8(9)11-4-3-10(15)13(20)18(11)6-12(16)17;/h1-2,5,10,12,19H,3,6H2;/q-1;. The average molecular weight is 454 g/mol. The van der Waals surface area contributed by atoms with Crippen molar-refractivity contribution in [2.75, 3.05) is 6.54 Å². The maximum absolute atomic E-state index is 12.6. The van der Waals surface area contributed by atoms with E-state index >= 15 is 0 Å². The normalized spacial score (nSPS) is 18.5. The molecule has 1 atom stereocenters. The molecule has 0 spiro atoms. The maximum atomic E-state index is 12.6. The molecule has 1 amide bonds. The first-order valence-electron chi connectivity index (χ1n) is 5.73. The van der Waals surface area contributed by atoms with Crippen LogP contribution in [0.25, 0.3) is 5.70 Å². The number of aromatic hydroxyl groups is 1. The van der Waals surface area contributed by atoms with E-state index in [0.29, 0.717) is 10.0 Å². The summed E-state index contributed by atoms with van der Waals surface area (Å²) in [6, 6.07) is 4.36. The summed E-state index contributed by atoms with van der Waals surface area (Å²) in [6.45, 7) is -0.738. The summed E-state index contributed by atoms with van der Waals surface area (Å²) in [7, 11) is 0. The Labute approximate surface area is 159 Å². The molecule has 1 aliphatic rings. The molecule has 0 fully saturated rings. The molecule has 1 aromatic carbocycles. The number of benzene rings is 1. The Bertz CT molecular complexity index is 571. The van der Waals surface area contributed by atoms with E-state index in [4.69, 9.17) is 11.6 Å². The van der Waals surface area contributed by atoms with Gasteiger partial charge in [0, 0.05) is 32.7 Å². The molecule has 21 heavy (non-hydrogen) atoms. The van der Waals surface area contributed by atoms with E-state index < -0.39 is 24.3 Å². The number of phenols is 1. The van der Waals surface area contributed by atoms with Crippen molar-refractivity contribution < 1.29 is 51.4 Å². The van der Waals surface area contributed by atoms with Crippen LogP contribution in [0.4, 0.5) is 8.78 Å². The molecule has 2 rings (SSSR count). The second-order valence-electron chi connectivity index (χ2n) is 4.20. The number of hydrogen-bond donors (Lipinski definition) is 1. The van der Waals surface area contributed by atoms with Crippen molar-refractivity contribution in [1.82, 2.24) is 4.90 Å². The quantitative estimate of drug-likeness (QED) is 0.562. The molecule has 1 unspecified atom stereocenters. The van der Waals surface area contributed by atoms with Crippen molar-refractivity contribution >= 4 is 39.1 Å². The summed E-state index contributed by atoms with van der Waals surface area (Å²) in [5.41, 5.74) is 0.749. The second kappa shape index (κ2) is 8.00. The molecule has 1 heterocycles. The topological polar surface area (TPSA) is 40.5 Å². The number of carbonyl (C=O) groups is 1. The summed E-state index contributed by atoms with van der Waals surface area (Å²) in [4.78, 5) is 12.9. The van der Waals surface area contributed by atoms with Crippen molar-refractivity contribution in [3.8, 4) is 5.75 Å². The molecule has 1 N–H and O–H groups in total. The Morgan fingerprint density at radius 2 is 2.19 bits per heavy atom. The predicted molar refractivity (Wildman–Crippen MR) is 74.4 cm³/mol. The van der Waals surface area contributed by atoms with Crippen molar-refractivity contribution in [3.63, 3.8) is 0 Å². The monoisotopic (exact) mass is 453 g/mol. The second-order valence-corrected chi connectivity index (χ2v) is 5.58. The van der Waals surface area contributed by atoms with Crippen LogP contribution in [0, 0.1) is 6.08 Å². The fourth-order valence-electron chi connectivity index (χ4n) is 1.90.